The van der Waals surface area contributed by atoms with E-state index in [0.717, 1.165) is 24.0 Å². The van der Waals surface area contributed by atoms with Gasteiger partial charge in [-0.2, -0.15) is 0 Å². The second-order valence-electron chi connectivity index (χ2n) is 4.16. The maximum Gasteiger partial charge on any atom is 0.157 e. The van der Waals surface area contributed by atoms with Crippen LogP contribution in [0.5, 0.6) is 0 Å². The molecule has 2 rings (SSSR count). The van der Waals surface area contributed by atoms with Crippen LogP contribution in [0.15, 0.2) is 29.4 Å². The van der Waals surface area contributed by atoms with Gasteiger partial charge in [0.25, 0.3) is 0 Å². The first-order chi connectivity index (χ1) is 7.16. The third kappa shape index (κ3) is 2.96. The molecule has 0 radical (unpaired) electrons. The molecule has 0 spiro atoms. The van der Waals surface area contributed by atoms with E-state index in [9.17, 15) is 0 Å². The summed E-state index contributed by atoms with van der Waals surface area (Å²) in [5.41, 5.74) is 1.05. The van der Waals surface area contributed by atoms with Gasteiger partial charge in [-0.3, -0.25) is 9.98 Å². The van der Waals surface area contributed by atoms with E-state index >= 15 is 0 Å². The lowest BCUT2D eigenvalue weighted by molar-refractivity contribution is 0.739. The van der Waals surface area contributed by atoms with Gasteiger partial charge in [0.1, 0.15) is 0 Å². The molecule has 1 aliphatic rings. The molecule has 0 amide bonds. The first kappa shape index (κ1) is 10.5. The van der Waals surface area contributed by atoms with Crippen LogP contribution in [0.4, 0.5) is 0 Å². The van der Waals surface area contributed by atoms with Crippen LogP contribution in [0.25, 0.3) is 0 Å². The van der Waals surface area contributed by atoms with Crippen molar-refractivity contribution in [3.8, 4) is 0 Å². The van der Waals surface area contributed by atoms with Crippen LogP contribution >= 0.6 is 11.8 Å². The largest absolute Gasteiger partial charge is 0.359 e. The van der Waals surface area contributed by atoms with Crippen molar-refractivity contribution in [3.63, 3.8) is 0 Å². The van der Waals surface area contributed by atoms with E-state index in [1.165, 1.54) is 0 Å². The summed E-state index contributed by atoms with van der Waals surface area (Å²) in [7, 11) is 0. The predicted molar refractivity (Wildman–Crippen MR) is 65.0 cm³/mol. The van der Waals surface area contributed by atoms with Crippen LogP contribution in [0.3, 0.4) is 0 Å². The molecule has 2 heterocycles. The monoisotopic (exact) mass is 221 g/mol. The van der Waals surface area contributed by atoms with Gasteiger partial charge in [0.05, 0.1) is 18.8 Å². The number of aromatic nitrogens is 1. The minimum atomic E-state index is 0.243. The van der Waals surface area contributed by atoms with E-state index in [1.54, 1.807) is 11.8 Å². The number of hydrogen-bond acceptors (Lipinski definition) is 4. The second kappa shape index (κ2) is 4.23. The molecule has 0 aliphatic carbocycles. The van der Waals surface area contributed by atoms with Gasteiger partial charge in [-0.05, 0) is 26.0 Å². The Kier molecular flexibility index (Phi) is 2.95. The van der Waals surface area contributed by atoms with Crippen molar-refractivity contribution in [1.82, 2.24) is 10.3 Å². The molecular weight excluding hydrogens is 206 g/mol. The Labute approximate surface area is 94.4 Å². The van der Waals surface area contributed by atoms with Gasteiger partial charge in [0.15, 0.2) is 5.17 Å². The summed E-state index contributed by atoms with van der Waals surface area (Å²) >= 11 is 1.80. The molecule has 4 heteroatoms. The molecule has 0 aromatic carbocycles. The smallest absolute Gasteiger partial charge is 0.157 e. The lowest BCUT2D eigenvalue weighted by atomic mass is 10.2. The predicted octanol–water partition coefficient (Wildman–Crippen LogP) is 2.05. The van der Waals surface area contributed by atoms with E-state index in [1.807, 2.05) is 24.4 Å². The van der Waals surface area contributed by atoms with Gasteiger partial charge in [0, 0.05) is 10.9 Å². The van der Waals surface area contributed by atoms with Crippen LogP contribution in [0.2, 0.25) is 0 Å². The first-order valence-electron chi connectivity index (χ1n) is 5.03. The Balaban J connectivity index is 1.85. The molecule has 0 atom stereocenters. The summed E-state index contributed by atoms with van der Waals surface area (Å²) in [5, 5.41) is 4.34. The molecular formula is C11H15N3S. The van der Waals surface area contributed by atoms with Crippen LogP contribution < -0.4 is 5.32 Å². The highest BCUT2D eigenvalue weighted by Gasteiger charge is 2.26. The van der Waals surface area contributed by atoms with Crippen molar-refractivity contribution in [2.24, 2.45) is 4.99 Å². The fourth-order valence-corrected chi connectivity index (χ4v) is 2.28. The highest BCUT2D eigenvalue weighted by molar-refractivity contribution is 8.15. The summed E-state index contributed by atoms with van der Waals surface area (Å²) in [5.74, 6) is 0. The molecule has 1 aliphatic heterocycles. The minimum Gasteiger partial charge on any atom is -0.359 e. The number of amidine groups is 1. The highest BCUT2D eigenvalue weighted by atomic mass is 32.2. The fraction of sp³-hybridized carbons (Fsp3) is 0.455. The Hall–Kier alpha value is -1.03. The van der Waals surface area contributed by atoms with Gasteiger partial charge in [-0.15, -0.1) is 0 Å². The van der Waals surface area contributed by atoms with Crippen molar-refractivity contribution in [3.05, 3.63) is 30.1 Å². The third-order valence-electron chi connectivity index (χ3n) is 2.12. The van der Waals surface area contributed by atoms with Crippen molar-refractivity contribution in [2.75, 3.05) is 6.54 Å². The second-order valence-corrected chi connectivity index (χ2v) is 5.85. The SMILES string of the molecule is CC1(C)CN=C(NCc2ccccn2)S1. The van der Waals surface area contributed by atoms with Crippen molar-refractivity contribution in [1.29, 1.82) is 0 Å². The number of pyridine rings is 1. The molecule has 80 valence electrons. The van der Waals surface area contributed by atoms with E-state index in [-0.39, 0.29) is 4.75 Å². The average Bonchev–Trinajstić information content (AvgIpc) is 2.57. The number of nitrogens with one attached hydrogen (secondary N) is 1. The quantitative estimate of drug-likeness (QED) is 0.830. The lowest BCUT2D eigenvalue weighted by Crippen LogP contribution is -2.21. The molecule has 0 fully saturated rings. The zero-order chi connectivity index (χ0) is 10.7. The topological polar surface area (TPSA) is 37.3 Å². The standard InChI is InChI=1S/C11H15N3S/c1-11(2)8-14-10(15-11)13-7-9-5-3-4-6-12-9/h3-6H,7-8H2,1-2H3,(H,13,14). The van der Waals surface area contributed by atoms with Gasteiger partial charge >= 0.3 is 0 Å². The molecule has 0 saturated heterocycles. The highest BCUT2D eigenvalue weighted by Crippen LogP contribution is 2.30. The molecule has 1 aromatic heterocycles. The molecule has 1 aromatic rings. The van der Waals surface area contributed by atoms with Crippen molar-refractivity contribution < 1.29 is 0 Å². The average molecular weight is 221 g/mol. The lowest BCUT2D eigenvalue weighted by Gasteiger charge is -2.13. The Morgan fingerprint density at radius 1 is 1.47 bits per heavy atom. The van der Waals surface area contributed by atoms with Crippen LogP contribution in [0.1, 0.15) is 19.5 Å². The van der Waals surface area contributed by atoms with E-state index < -0.39 is 0 Å². The summed E-state index contributed by atoms with van der Waals surface area (Å²) < 4.78 is 0.243. The molecule has 15 heavy (non-hydrogen) atoms. The number of rotatable bonds is 2. The number of thioether (sulfide) groups is 1. The Morgan fingerprint density at radius 2 is 2.33 bits per heavy atom. The van der Waals surface area contributed by atoms with E-state index in [4.69, 9.17) is 0 Å². The summed E-state index contributed by atoms with van der Waals surface area (Å²) in [6, 6.07) is 5.93. The maximum atomic E-state index is 4.44. The fourth-order valence-electron chi connectivity index (χ4n) is 1.35. The van der Waals surface area contributed by atoms with Crippen LogP contribution in [-0.2, 0) is 6.54 Å². The van der Waals surface area contributed by atoms with E-state index in [2.05, 4.69) is 29.1 Å². The molecule has 1 N–H and O–H groups in total. The van der Waals surface area contributed by atoms with E-state index in [0.29, 0.717) is 0 Å². The molecule has 0 saturated carbocycles. The third-order valence-corrected chi connectivity index (χ3v) is 3.27. The van der Waals surface area contributed by atoms with Gasteiger partial charge in [0.2, 0.25) is 0 Å². The first-order valence-corrected chi connectivity index (χ1v) is 5.85. The van der Waals surface area contributed by atoms with Gasteiger partial charge in [-0.1, -0.05) is 17.8 Å². The molecule has 0 bridgehead atoms. The van der Waals surface area contributed by atoms with Crippen molar-refractivity contribution >= 4 is 16.9 Å². The molecule has 0 unspecified atom stereocenters. The zero-order valence-electron chi connectivity index (χ0n) is 9.03. The Morgan fingerprint density at radius 3 is 2.93 bits per heavy atom. The normalized spacial score (nSPS) is 18.7. The van der Waals surface area contributed by atoms with Crippen LogP contribution in [-0.4, -0.2) is 21.4 Å². The van der Waals surface area contributed by atoms with Crippen LogP contribution in [0, 0.1) is 0 Å². The van der Waals surface area contributed by atoms with Crippen molar-refractivity contribution in [2.45, 2.75) is 25.1 Å². The number of hydrogen-bond donors (Lipinski definition) is 1. The summed E-state index contributed by atoms with van der Waals surface area (Å²) in [4.78, 5) is 8.69. The van der Waals surface area contributed by atoms with Gasteiger partial charge in [-0.25, -0.2) is 0 Å². The summed E-state index contributed by atoms with van der Waals surface area (Å²) in [6.45, 7) is 6.05. The number of nitrogens with zero attached hydrogens (tertiary/aromatic N) is 2. The number of aliphatic imine (C=N–C) groups is 1. The van der Waals surface area contributed by atoms with Gasteiger partial charge < -0.3 is 5.32 Å². The Bertz CT molecular complexity index is 359. The summed E-state index contributed by atoms with van der Waals surface area (Å²) in [6.07, 6.45) is 1.81. The molecule has 3 nitrogen and oxygen atoms in total. The zero-order valence-corrected chi connectivity index (χ0v) is 9.84. The maximum absolute atomic E-state index is 4.44. The minimum absolute atomic E-state index is 0.243.